The summed E-state index contributed by atoms with van der Waals surface area (Å²) in [5.41, 5.74) is 4.43. The van der Waals surface area contributed by atoms with Crippen LogP contribution < -0.4 is 10.2 Å². The molecule has 30 heavy (non-hydrogen) atoms. The van der Waals surface area contributed by atoms with Crippen LogP contribution in [0.4, 0.5) is 16.8 Å². The smallest absolute Gasteiger partial charge is 0.189 e. The molecule has 1 aliphatic heterocycles. The van der Waals surface area contributed by atoms with Crippen molar-refractivity contribution in [3.8, 4) is 11.3 Å². The Morgan fingerprint density at radius 1 is 1.23 bits per heavy atom. The molecule has 0 atom stereocenters. The maximum Gasteiger partial charge on any atom is 0.189 e. The van der Waals surface area contributed by atoms with Crippen molar-refractivity contribution in [2.75, 3.05) is 16.8 Å². The second kappa shape index (κ2) is 6.98. The number of fused-ring (bicyclic) bond motifs is 3. The molecule has 1 fully saturated rings. The molecule has 4 aromatic heterocycles. The Balaban J connectivity index is 1.27. The first kappa shape index (κ1) is 17.7. The third-order valence-electron chi connectivity index (χ3n) is 5.74. The summed E-state index contributed by atoms with van der Waals surface area (Å²) in [6, 6.07) is 8.93. The molecule has 4 aromatic rings. The zero-order valence-corrected chi connectivity index (χ0v) is 17.6. The van der Waals surface area contributed by atoms with E-state index in [9.17, 15) is 0 Å². The summed E-state index contributed by atoms with van der Waals surface area (Å²) >= 11 is 1.71. The highest BCUT2D eigenvalue weighted by Gasteiger charge is 2.27. The van der Waals surface area contributed by atoms with E-state index in [0.717, 1.165) is 59.3 Å². The number of aromatic nitrogens is 5. The van der Waals surface area contributed by atoms with E-state index in [1.807, 2.05) is 31.3 Å². The summed E-state index contributed by atoms with van der Waals surface area (Å²) in [6.45, 7) is 3.80. The van der Waals surface area contributed by atoms with Crippen LogP contribution in [0, 0.1) is 6.92 Å². The third-order valence-corrected chi connectivity index (χ3v) is 6.77. The van der Waals surface area contributed by atoms with E-state index in [4.69, 9.17) is 4.98 Å². The number of H-pyrrole nitrogens is 1. The van der Waals surface area contributed by atoms with Gasteiger partial charge in [0.25, 0.3) is 0 Å². The number of rotatable bonds is 5. The lowest BCUT2D eigenvalue weighted by molar-refractivity contribution is 0.736. The molecule has 0 radical (unpaired) electrons. The fraction of sp³-hybridized carbons (Fsp3) is 0.318. The fourth-order valence-electron chi connectivity index (χ4n) is 4.08. The quantitative estimate of drug-likeness (QED) is 0.493. The summed E-state index contributed by atoms with van der Waals surface area (Å²) in [5.74, 6) is 1.88. The van der Waals surface area contributed by atoms with Crippen LogP contribution >= 0.6 is 11.3 Å². The number of pyridine rings is 1. The van der Waals surface area contributed by atoms with Crippen molar-refractivity contribution in [2.45, 2.75) is 38.8 Å². The van der Waals surface area contributed by atoms with Gasteiger partial charge < -0.3 is 14.8 Å². The molecule has 1 aliphatic carbocycles. The lowest BCUT2D eigenvalue weighted by atomic mass is 10.2. The van der Waals surface area contributed by atoms with Crippen molar-refractivity contribution in [2.24, 2.45) is 0 Å². The average molecular weight is 418 g/mol. The first-order chi connectivity index (χ1) is 14.7. The van der Waals surface area contributed by atoms with Gasteiger partial charge in [0.1, 0.15) is 11.6 Å². The molecular formula is C22H23N7S. The number of hydrogen-bond donors (Lipinski definition) is 2. The molecule has 2 N–H and O–H groups in total. The predicted molar refractivity (Wildman–Crippen MR) is 119 cm³/mol. The number of aromatic amines is 1. The molecule has 0 unspecified atom stereocenters. The molecule has 5 heterocycles. The molecule has 0 saturated heterocycles. The lowest BCUT2D eigenvalue weighted by Gasteiger charge is -2.21. The monoisotopic (exact) mass is 417 g/mol. The Bertz CT molecular complexity index is 1200. The lowest BCUT2D eigenvalue weighted by Crippen LogP contribution is -2.24. The van der Waals surface area contributed by atoms with E-state index < -0.39 is 0 Å². The minimum absolute atomic E-state index is 0.718. The first-order valence-corrected chi connectivity index (χ1v) is 11.2. The van der Waals surface area contributed by atoms with E-state index >= 15 is 0 Å². The number of hydrogen-bond acceptors (Lipinski definition) is 6. The van der Waals surface area contributed by atoms with Gasteiger partial charge >= 0.3 is 0 Å². The Morgan fingerprint density at radius 2 is 2.17 bits per heavy atom. The van der Waals surface area contributed by atoms with Gasteiger partial charge in [-0.1, -0.05) is 6.07 Å². The van der Waals surface area contributed by atoms with Crippen molar-refractivity contribution in [1.29, 1.82) is 0 Å². The van der Waals surface area contributed by atoms with Crippen LogP contribution in [0.15, 0.2) is 42.9 Å². The topological polar surface area (TPSA) is 74.7 Å². The molecular weight excluding hydrogens is 394 g/mol. The van der Waals surface area contributed by atoms with E-state index in [1.165, 1.54) is 23.3 Å². The summed E-state index contributed by atoms with van der Waals surface area (Å²) < 4.78 is 2.36. The normalized spacial score (nSPS) is 15.6. The van der Waals surface area contributed by atoms with E-state index in [1.54, 1.807) is 11.3 Å². The van der Waals surface area contributed by atoms with Gasteiger partial charge in [-0.2, -0.15) is 5.10 Å². The molecule has 0 bridgehead atoms. The largest absolute Gasteiger partial charge is 0.352 e. The standard InChI is InChI=1S/C22H23N7S/c1-14-3-2-4-19(24-14)25-22-26-20-17-11-23-27-21(17)29(10-8-18(20)30-22)13-15-7-9-28(12-15)16-5-6-16/h2-4,7,9,11-12,16H,5-6,8,10,13H2,1H3,(H,23,27)(H,24,25,26). The second-order valence-corrected chi connectivity index (χ2v) is 9.17. The summed E-state index contributed by atoms with van der Waals surface area (Å²) in [4.78, 5) is 13.1. The van der Waals surface area contributed by atoms with Gasteiger partial charge in [-0.15, -0.1) is 11.3 Å². The van der Waals surface area contributed by atoms with Crippen molar-refractivity contribution in [3.63, 3.8) is 0 Å². The molecule has 0 amide bonds. The van der Waals surface area contributed by atoms with Gasteiger partial charge in [0, 0.05) is 48.5 Å². The van der Waals surface area contributed by atoms with Crippen LogP contribution in [0.5, 0.6) is 0 Å². The van der Waals surface area contributed by atoms with Crippen LogP contribution in [0.2, 0.25) is 0 Å². The zero-order valence-electron chi connectivity index (χ0n) is 16.8. The molecule has 8 heteroatoms. The zero-order chi connectivity index (χ0) is 20.1. The summed E-state index contributed by atoms with van der Waals surface area (Å²) in [5, 5.41) is 11.8. The average Bonchev–Trinajstić information content (AvgIpc) is 3.14. The maximum absolute atomic E-state index is 4.90. The predicted octanol–water partition coefficient (Wildman–Crippen LogP) is 4.68. The fourth-order valence-corrected chi connectivity index (χ4v) is 5.05. The van der Waals surface area contributed by atoms with E-state index in [0.29, 0.717) is 0 Å². The van der Waals surface area contributed by atoms with Crippen LogP contribution in [0.3, 0.4) is 0 Å². The summed E-state index contributed by atoms with van der Waals surface area (Å²) in [6.07, 6.45) is 9.99. The number of anilines is 3. The van der Waals surface area contributed by atoms with E-state index in [-0.39, 0.29) is 0 Å². The number of nitrogens with one attached hydrogen (secondary N) is 2. The Kier molecular flexibility index (Phi) is 4.12. The minimum Gasteiger partial charge on any atom is -0.352 e. The minimum atomic E-state index is 0.718. The summed E-state index contributed by atoms with van der Waals surface area (Å²) in [7, 11) is 0. The highest BCUT2D eigenvalue weighted by Crippen LogP contribution is 2.40. The van der Waals surface area contributed by atoms with Crippen molar-refractivity contribution >= 4 is 28.1 Å². The Labute approximate surface area is 178 Å². The Hall–Kier alpha value is -3.13. The van der Waals surface area contributed by atoms with E-state index in [2.05, 4.69) is 48.4 Å². The third kappa shape index (κ3) is 3.27. The van der Waals surface area contributed by atoms with Crippen LogP contribution in [-0.4, -0.2) is 31.3 Å². The molecule has 152 valence electrons. The van der Waals surface area contributed by atoms with Gasteiger partial charge in [-0.05, 0) is 43.5 Å². The van der Waals surface area contributed by atoms with Crippen molar-refractivity contribution < 1.29 is 0 Å². The van der Waals surface area contributed by atoms with Gasteiger partial charge in [-0.25, -0.2) is 9.97 Å². The first-order valence-electron chi connectivity index (χ1n) is 10.4. The second-order valence-electron chi connectivity index (χ2n) is 8.08. The molecule has 0 spiro atoms. The number of thiazole rings is 1. The highest BCUT2D eigenvalue weighted by atomic mass is 32.1. The number of aryl methyl sites for hydroxylation is 1. The molecule has 2 aliphatic rings. The van der Waals surface area contributed by atoms with Gasteiger partial charge in [-0.3, -0.25) is 5.10 Å². The van der Waals surface area contributed by atoms with Crippen LogP contribution in [-0.2, 0) is 13.0 Å². The molecule has 6 rings (SSSR count). The van der Waals surface area contributed by atoms with Crippen molar-refractivity contribution in [1.82, 2.24) is 24.7 Å². The van der Waals surface area contributed by atoms with Gasteiger partial charge in [0.05, 0.1) is 17.5 Å². The molecule has 0 aromatic carbocycles. The number of nitrogens with zero attached hydrogens (tertiary/aromatic N) is 5. The highest BCUT2D eigenvalue weighted by molar-refractivity contribution is 7.16. The van der Waals surface area contributed by atoms with Crippen molar-refractivity contribution in [3.05, 3.63) is 59.0 Å². The Morgan fingerprint density at radius 3 is 3.03 bits per heavy atom. The molecule has 1 saturated carbocycles. The van der Waals surface area contributed by atoms with Crippen LogP contribution in [0.25, 0.3) is 11.3 Å². The molecule has 7 nitrogen and oxygen atoms in total. The van der Waals surface area contributed by atoms with Gasteiger partial charge in [0.15, 0.2) is 5.13 Å². The maximum atomic E-state index is 4.90. The SMILES string of the molecule is Cc1cccc(Nc2nc3c(s2)CCN(Cc2ccn(C4CC4)c2)c2[nH]ncc2-3)n1. The van der Waals surface area contributed by atoms with Crippen LogP contribution in [0.1, 0.15) is 35.0 Å². The van der Waals surface area contributed by atoms with Gasteiger partial charge in [0.2, 0.25) is 0 Å².